The van der Waals surface area contributed by atoms with Gasteiger partial charge in [0.25, 0.3) is 0 Å². The Morgan fingerprint density at radius 2 is 2.40 bits per heavy atom. The lowest BCUT2D eigenvalue weighted by Crippen LogP contribution is -2.17. The van der Waals surface area contributed by atoms with Crippen molar-refractivity contribution in [3.05, 3.63) is 24.0 Å². The van der Waals surface area contributed by atoms with Gasteiger partial charge in [0.05, 0.1) is 10.5 Å². The van der Waals surface area contributed by atoms with Crippen LogP contribution >= 0.6 is 15.9 Å². The minimum absolute atomic E-state index is 0.197. The van der Waals surface area contributed by atoms with Crippen molar-refractivity contribution in [1.82, 2.24) is 0 Å². The molecule has 10 heavy (non-hydrogen) atoms. The molecule has 50 valence electrons. The van der Waals surface area contributed by atoms with Gasteiger partial charge in [-0.2, -0.15) is 0 Å². The normalized spacial score (nSPS) is 27.9. The first kappa shape index (κ1) is 6.04. The summed E-state index contributed by atoms with van der Waals surface area (Å²) in [6.45, 7) is 0. The first-order chi connectivity index (χ1) is 4.88. The van der Waals surface area contributed by atoms with Crippen LogP contribution in [0.1, 0.15) is 0 Å². The molecule has 0 aliphatic carbocycles. The van der Waals surface area contributed by atoms with E-state index >= 15 is 0 Å². The third-order valence-electron chi connectivity index (χ3n) is 1.46. The number of alkyl halides is 1. The predicted molar refractivity (Wildman–Crippen MR) is 45.9 cm³/mol. The van der Waals surface area contributed by atoms with Gasteiger partial charge in [0, 0.05) is 24.2 Å². The topological polar surface area (TPSA) is 24.7 Å². The maximum absolute atomic E-state index is 4.17. The van der Waals surface area contributed by atoms with Gasteiger partial charge in [-0.25, -0.2) is 0 Å². The van der Waals surface area contributed by atoms with Gasteiger partial charge in [-0.15, -0.1) is 0 Å². The van der Waals surface area contributed by atoms with Crippen LogP contribution in [-0.2, 0) is 0 Å². The maximum Gasteiger partial charge on any atom is 0.0925 e. The third kappa shape index (κ3) is 0.778. The van der Waals surface area contributed by atoms with E-state index in [1.54, 1.807) is 6.20 Å². The predicted octanol–water partition coefficient (Wildman–Crippen LogP) is 1.69. The fourth-order valence-corrected chi connectivity index (χ4v) is 1.49. The van der Waals surface area contributed by atoms with Crippen LogP contribution in [0.4, 0.5) is 0 Å². The molecule has 2 aliphatic heterocycles. The van der Waals surface area contributed by atoms with Crippen LogP contribution < -0.4 is 0 Å². The van der Waals surface area contributed by atoms with Crippen LogP contribution in [0.15, 0.2) is 34.0 Å². The largest absolute Gasteiger partial charge is 0.267 e. The van der Waals surface area contributed by atoms with Gasteiger partial charge < -0.3 is 0 Å². The molecule has 0 radical (unpaired) electrons. The highest BCUT2D eigenvalue weighted by molar-refractivity contribution is 9.10. The molecule has 0 fully saturated rings. The Balaban J connectivity index is 2.45. The van der Waals surface area contributed by atoms with Crippen LogP contribution in [0, 0.1) is 0 Å². The van der Waals surface area contributed by atoms with Crippen LogP contribution in [-0.4, -0.2) is 16.8 Å². The highest BCUT2D eigenvalue weighted by Gasteiger charge is 2.18. The molecule has 0 bridgehead atoms. The highest BCUT2D eigenvalue weighted by Crippen LogP contribution is 2.18. The Morgan fingerprint density at radius 1 is 1.50 bits per heavy atom. The van der Waals surface area contributed by atoms with Gasteiger partial charge >= 0.3 is 0 Å². The smallest absolute Gasteiger partial charge is 0.0925 e. The molecule has 2 heterocycles. The summed E-state index contributed by atoms with van der Waals surface area (Å²) >= 11 is 3.43. The molecule has 2 rings (SSSR count). The second kappa shape index (κ2) is 2.16. The fourth-order valence-electron chi connectivity index (χ4n) is 0.967. The van der Waals surface area contributed by atoms with E-state index in [4.69, 9.17) is 0 Å². The van der Waals surface area contributed by atoms with Gasteiger partial charge in [0.2, 0.25) is 0 Å². The van der Waals surface area contributed by atoms with Gasteiger partial charge in [-0.3, -0.25) is 9.98 Å². The molecule has 2 nitrogen and oxygen atoms in total. The third-order valence-corrected chi connectivity index (χ3v) is 2.13. The first-order valence-electron chi connectivity index (χ1n) is 3.00. The van der Waals surface area contributed by atoms with Crippen molar-refractivity contribution in [2.45, 2.75) is 4.83 Å². The Morgan fingerprint density at radius 3 is 3.20 bits per heavy atom. The van der Waals surface area contributed by atoms with Gasteiger partial charge in [-0.05, 0) is 6.08 Å². The Labute approximate surface area is 67.2 Å². The monoisotopic (exact) mass is 196 g/mol. The molecule has 2 aliphatic rings. The molecule has 0 saturated carbocycles. The van der Waals surface area contributed by atoms with Crippen molar-refractivity contribution in [2.75, 3.05) is 0 Å². The number of rotatable bonds is 0. The highest BCUT2D eigenvalue weighted by atomic mass is 79.9. The molecule has 0 aromatic heterocycles. The average Bonchev–Trinajstić information content (AvgIpc) is 2.36. The van der Waals surface area contributed by atoms with Crippen molar-refractivity contribution < 1.29 is 0 Å². The summed E-state index contributed by atoms with van der Waals surface area (Å²) in [5.41, 5.74) is 2.18. The second-order valence-corrected chi connectivity index (χ2v) is 3.10. The standard InChI is InChI=1S/C7H5BrN2/c8-6-4-9-3-5-1-2-10-7(5)6/h1-4,6H/t6-/m1/s1. The van der Waals surface area contributed by atoms with Crippen molar-refractivity contribution in [3.8, 4) is 0 Å². The number of hydrogen-bond acceptors (Lipinski definition) is 2. The molecule has 0 spiro atoms. The minimum Gasteiger partial charge on any atom is -0.267 e. The second-order valence-electron chi connectivity index (χ2n) is 2.11. The number of allylic oxidation sites excluding steroid dienone is 2. The summed E-state index contributed by atoms with van der Waals surface area (Å²) in [7, 11) is 0. The van der Waals surface area contributed by atoms with Crippen LogP contribution in [0.3, 0.4) is 0 Å². The average molecular weight is 197 g/mol. The fraction of sp³-hybridized carbons (Fsp3) is 0.143. The van der Waals surface area contributed by atoms with Gasteiger partial charge in [-0.1, -0.05) is 15.9 Å². The Kier molecular flexibility index (Phi) is 1.31. The number of hydrogen-bond donors (Lipinski definition) is 0. The van der Waals surface area contributed by atoms with E-state index in [1.165, 1.54) is 0 Å². The molecule has 0 unspecified atom stereocenters. The van der Waals surface area contributed by atoms with E-state index in [0.717, 1.165) is 11.3 Å². The molecule has 0 aromatic rings. The summed E-state index contributed by atoms with van der Waals surface area (Å²) in [5, 5.41) is 0. The molecule has 0 amide bonds. The van der Waals surface area contributed by atoms with E-state index in [9.17, 15) is 0 Å². The summed E-state index contributed by atoms with van der Waals surface area (Å²) < 4.78 is 0. The number of halogens is 1. The Hall–Kier alpha value is -0.700. The number of nitrogens with zero attached hydrogens (tertiary/aromatic N) is 2. The quantitative estimate of drug-likeness (QED) is 0.528. The summed E-state index contributed by atoms with van der Waals surface area (Å²) in [5.74, 6) is 0. The zero-order valence-electron chi connectivity index (χ0n) is 5.16. The molecule has 1 atom stereocenters. The molecule has 0 N–H and O–H groups in total. The summed E-state index contributed by atoms with van der Waals surface area (Å²) in [6, 6.07) is 0. The number of aliphatic imine (C=N–C) groups is 2. The van der Waals surface area contributed by atoms with E-state index in [2.05, 4.69) is 25.9 Å². The van der Waals surface area contributed by atoms with Crippen molar-refractivity contribution in [3.63, 3.8) is 0 Å². The van der Waals surface area contributed by atoms with E-state index in [-0.39, 0.29) is 4.83 Å². The zero-order chi connectivity index (χ0) is 6.97. The molecule has 3 heteroatoms. The molecular formula is C7H5BrN2. The van der Waals surface area contributed by atoms with Crippen molar-refractivity contribution >= 4 is 27.9 Å². The summed E-state index contributed by atoms with van der Waals surface area (Å²) in [6.07, 6.45) is 7.40. The summed E-state index contributed by atoms with van der Waals surface area (Å²) in [4.78, 5) is 8.40. The Bertz CT molecular complexity index is 273. The lowest BCUT2D eigenvalue weighted by atomic mass is 10.1. The maximum atomic E-state index is 4.17. The zero-order valence-corrected chi connectivity index (χ0v) is 6.75. The van der Waals surface area contributed by atoms with Crippen molar-refractivity contribution in [2.24, 2.45) is 9.98 Å². The SMILES string of the molecule is Br[C@@H]1C=NC=C2C=CN=C21. The van der Waals surface area contributed by atoms with Gasteiger partial charge in [0.15, 0.2) is 0 Å². The van der Waals surface area contributed by atoms with Crippen molar-refractivity contribution in [1.29, 1.82) is 0 Å². The molecular weight excluding hydrogens is 192 g/mol. The van der Waals surface area contributed by atoms with Gasteiger partial charge in [0.1, 0.15) is 0 Å². The lowest BCUT2D eigenvalue weighted by Gasteiger charge is -2.08. The van der Waals surface area contributed by atoms with E-state index < -0.39 is 0 Å². The lowest BCUT2D eigenvalue weighted by molar-refractivity contribution is 1.45. The van der Waals surface area contributed by atoms with Crippen LogP contribution in [0.25, 0.3) is 0 Å². The first-order valence-corrected chi connectivity index (χ1v) is 3.91. The number of fused-ring (bicyclic) bond motifs is 1. The van der Waals surface area contributed by atoms with Crippen LogP contribution in [0.2, 0.25) is 0 Å². The van der Waals surface area contributed by atoms with E-state index in [0.29, 0.717) is 0 Å². The molecule has 0 aromatic carbocycles. The minimum atomic E-state index is 0.197. The van der Waals surface area contributed by atoms with E-state index in [1.807, 2.05) is 18.5 Å². The molecule has 0 saturated heterocycles. The van der Waals surface area contributed by atoms with Crippen LogP contribution in [0.5, 0.6) is 0 Å².